The summed E-state index contributed by atoms with van der Waals surface area (Å²) in [6.07, 6.45) is -1.40. The lowest BCUT2D eigenvalue weighted by atomic mass is 9.97. The van der Waals surface area contributed by atoms with E-state index in [4.69, 9.17) is 0 Å². The van der Waals surface area contributed by atoms with Crippen molar-refractivity contribution in [1.82, 2.24) is 15.5 Å². The Morgan fingerprint density at radius 1 is 1.02 bits per heavy atom. The first-order valence-electron chi connectivity index (χ1n) is 13.8. The van der Waals surface area contributed by atoms with Crippen LogP contribution in [0.5, 0.6) is 0 Å². The number of amides is 3. The third-order valence-corrected chi connectivity index (χ3v) is 8.74. The van der Waals surface area contributed by atoms with E-state index in [9.17, 15) is 23.9 Å². The van der Waals surface area contributed by atoms with Gasteiger partial charge in [-0.2, -0.15) is 0 Å². The van der Waals surface area contributed by atoms with Crippen molar-refractivity contribution in [3.8, 4) is 0 Å². The summed E-state index contributed by atoms with van der Waals surface area (Å²) in [5.74, 6) is -1.54. The number of hydrogen-bond donors (Lipinski definition) is 4. The highest BCUT2D eigenvalue weighted by Gasteiger charge is 2.49. The molecule has 4 N–H and O–H groups in total. The van der Waals surface area contributed by atoms with Gasteiger partial charge < -0.3 is 26.0 Å². The van der Waals surface area contributed by atoms with Gasteiger partial charge in [-0.3, -0.25) is 14.4 Å². The Morgan fingerprint density at radius 2 is 1.69 bits per heavy atom. The summed E-state index contributed by atoms with van der Waals surface area (Å²) in [7, 11) is 0. The minimum absolute atomic E-state index is 0.144. The minimum atomic E-state index is -1.60. The first kappa shape index (κ1) is 31.1. The molecule has 0 aliphatic carbocycles. The van der Waals surface area contributed by atoms with Crippen LogP contribution in [0.25, 0.3) is 0 Å². The van der Waals surface area contributed by atoms with Crippen molar-refractivity contribution in [2.24, 2.45) is 0 Å². The summed E-state index contributed by atoms with van der Waals surface area (Å²) < 4.78 is 12.6. The van der Waals surface area contributed by atoms with Crippen LogP contribution in [0.4, 0.5) is 10.1 Å². The molecule has 1 fully saturated rings. The molecular formula is C32H37FN4O4S. The Bertz CT molecular complexity index is 1390. The van der Waals surface area contributed by atoms with Gasteiger partial charge in [0.2, 0.25) is 11.8 Å². The van der Waals surface area contributed by atoms with Gasteiger partial charge in [0.1, 0.15) is 11.9 Å². The van der Waals surface area contributed by atoms with Crippen molar-refractivity contribution < 1.29 is 23.9 Å². The Kier molecular flexibility index (Phi) is 10.2. The number of aliphatic hydroxyl groups excluding tert-OH is 1. The number of rotatable bonds is 11. The maximum Gasteiger partial charge on any atom is 0.254 e. The predicted octanol–water partition coefficient (Wildman–Crippen LogP) is 3.63. The number of thioether (sulfide) groups is 1. The Balaban J connectivity index is 1.47. The highest BCUT2D eigenvalue weighted by Crippen LogP contribution is 2.40. The molecule has 0 spiro atoms. The van der Waals surface area contributed by atoms with Crippen LogP contribution in [-0.2, 0) is 27.3 Å². The van der Waals surface area contributed by atoms with Crippen LogP contribution >= 0.6 is 11.8 Å². The zero-order valence-electron chi connectivity index (χ0n) is 24.0. The highest BCUT2D eigenvalue weighted by molar-refractivity contribution is 8.00. The van der Waals surface area contributed by atoms with Gasteiger partial charge in [0.15, 0.2) is 6.10 Å². The quantitative estimate of drug-likeness (QED) is 0.271. The fourth-order valence-electron chi connectivity index (χ4n) is 4.96. The summed E-state index contributed by atoms with van der Waals surface area (Å²) in [6.45, 7) is 5.95. The van der Waals surface area contributed by atoms with Gasteiger partial charge in [0.05, 0.1) is 18.5 Å². The summed E-state index contributed by atoms with van der Waals surface area (Å²) >= 11 is 1.46. The molecule has 1 aliphatic rings. The molecule has 0 saturated carbocycles. The van der Waals surface area contributed by atoms with Crippen molar-refractivity contribution in [3.05, 3.63) is 101 Å². The molecule has 3 unspecified atom stereocenters. The molecule has 3 aromatic carbocycles. The lowest BCUT2D eigenvalue weighted by Crippen LogP contribution is -2.59. The lowest BCUT2D eigenvalue weighted by Gasteiger charge is -2.33. The molecule has 4 rings (SSSR count). The van der Waals surface area contributed by atoms with Crippen LogP contribution < -0.4 is 16.0 Å². The minimum Gasteiger partial charge on any atom is -0.381 e. The topological polar surface area (TPSA) is 111 Å². The molecule has 1 saturated heterocycles. The monoisotopic (exact) mass is 592 g/mol. The van der Waals surface area contributed by atoms with E-state index < -0.39 is 34.7 Å². The third kappa shape index (κ3) is 7.89. The van der Waals surface area contributed by atoms with E-state index in [0.29, 0.717) is 12.2 Å². The molecule has 8 nitrogen and oxygen atoms in total. The van der Waals surface area contributed by atoms with E-state index in [1.165, 1.54) is 40.9 Å². The molecule has 3 amide bonds. The Labute approximate surface area is 250 Å². The van der Waals surface area contributed by atoms with Crippen molar-refractivity contribution in [2.45, 2.75) is 56.7 Å². The normalized spacial score (nSPS) is 17.3. The summed E-state index contributed by atoms with van der Waals surface area (Å²) in [6, 6.07) is 20.8. The molecule has 0 radical (unpaired) electrons. The smallest absolute Gasteiger partial charge is 0.254 e. The van der Waals surface area contributed by atoms with Crippen LogP contribution in [0.15, 0.2) is 78.9 Å². The number of carbonyl (C=O) groups is 3. The van der Waals surface area contributed by atoms with Crippen LogP contribution in [0.3, 0.4) is 0 Å². The van der Waals surface area contributed by atoms with Crippen LogP contribution in [0.2, 0.25) is 0 Å². The SMILES string of the molecule is Cc1ccccc1CNC(=O)C1N(C(=O)C(O)C(Cc2ccccc2)NC(=O)CNc2ccc(F)cc2)CSC1(C)C. The van der Waals surface area contributed by atoms with E-state index in [1.54, 1.807) is 0 Å². The number of nitrogens with one attached hydrogen (secondary N) is 3. The number of hydrogen-bond acceptors (Lipinski definition) is 6. The van der Waals surface area contributed by atoms with E-state index in [1.807, 2.05) is 75.4 Å². The van der Waals surface area contributed by atoms with Crippen LogP contribution in [-0.4, -0.2) is 63.1 Å². The highest BCUT2D eigenvalue weighted by atomic mass is 32.2. The zero-order chi connectivity index (χ0) is 30.3. The molecule has 1 aliphatic heterocycles. The largest absolute Gasteiger partial charge is 0.381 e. The summed E-state index contributed by atoms with van der Waals surface area (Å²) in [5.41, 5.74) is 3.41. The number of aliphatic hydroxyl groups is 1. The van der Waals surface area contributed by atoms with Gasteiger partial charge in [-0.15, -0.1) is 11.8 Å². The van der Waals surface area contributed by atoms with Gasteiger partial charge in [-0.25, -0.2) is 4.39 Å². The zero-order valence-corrected chi connectivity index (χ0v) is 24.8. The second kappa shape index (κ2) is 13.8. The van der Waals surface area contributed by atoms with Gasteiger partial charge in [0.25, 0.3) is 5.91 Å². The van der Waals surface area contributed by atoms with Gasteiger partial charge in [-0.05, 0) is 68.1 Å². The van der Waals surface area contributed by atoms with Gasteiger partial charge >= 0.3 is 0 Å². The number of benzene rings is 3. The molecule has 3 atom stereocenters. The van der Waals surface area contributed by atoms with Crippen LogP contribution in [0.1, 0.15) is 30.5 Å². The van der Waals surface area contributed by atoms with Crippen molar-refractivity contribution in [2.75, 3.05) is 17.7 Å². The number of aryl methyl sites for hydroxylation is 1. The molecule has 1 heterocycles. The Hall–Kier alpha value is -3.89. The molecule has 42 heavy (non-hydrogen) atoms. The number of anilines is 1. The van der Waals surface area contributed by atoms with Crippen molar-refractivity contribution in [1.29, 1.82) is 0 Å². The number of nitrogens with zero attached hydrogens (tertiary/aromatic N) is 1. The summed E-state index contributed by atoms with van der Waals surface area (Å²) in [5, 5.41) is 20.0. The number of halogens is 1. The molecule has 10 heteroatoms. The Morgan fingerprint density at radius 3 is 2.38 bits per heavy atom. The standard InChI is InChI=1S/C32H37FN4O4S/c1-21-9-7-8-12-23(21)18-35-30(40)29-32(2,3)42-20-37(29)31(41)28(39)26(17-22-10-5-4-6-11-22)36-27(38)19-34-25-15-13-24(33)14-16-25/h4-16,26,28-29,34,39H,17-20H2,1-3H3,(H,35,40)(H,36,38). The average molecular weight is 593 g/mol. The van der Waals surface area contributed by atoms with Gasteiger partial charge in [-0.1, -0.05) is 54.6 Å². The summed E-state index contributed by atoms with van der Waals surface area (Å²) in [4.78, 5) is 41.6. The third-order valence-electron chi connectivity index (χ3n) is 7.37. The van der Waals surface area contributed by atoms with Crippen molar-refractivity contribution >= 4 is 35.2 Å². The molecule has 0 bridgehead atoms. The molecule has 3 aromatic rings. The lowest BCUT2D eigenvalue weighted by molar-refractivity contribution is -0.147. The van der Waals surface area contributed by atoms with E-state index in [0.717, 1.165) is 16.7 Å². The average Bonchev–Trinajstić information content (AvgIpc) is 3.30. The molecular weight excluding hydrogens is 555 g/mol. The van der Waals surface area contributed by atoms with Crippen LogP contribution in [0, 0.1) is 12.7 Å². The van der Waals surface area contributed by atoms with E-state index >= 15 is 0 Å². The van der Waals surface area contributed by atoms with Gasteiger partial charge in [0, 0.05) is 17.0 Å². The first-order chi connectivity index (χ1) is 20.0. The van der Waals surface area contributed by atoms with Crippen molar-refractivity contribution in [3.63, 3.8) is 0 Å². The molecule has 222 valence electrons. The first-order valence-corrected chi connectivity index (χ1v) is 14.8. The molecule has 0 aromatic heterocycles. The van der Waals surface area contributed by atoms with E-state index in [-0.39, 0.29) is 30.6 Å². The fraction of sp³-hybridized carbons (Fsp3) is 0.344. The fourth-order valence-corrected chi connectivity index (χ4v) is 6.10. The van der Waals surface area contributed by atoms with E-state index in [2.05, 4.69) is 16.0 Å². The maximum atomic E-state index is 13.8. The predicted molar refractivity (Wildman–Crippen MR) is 163 cm³/mol. The second-order valence-corrected chi connectivity index (χ2v) is 12.5. The maximum absolute atomic E-state index is 13.8. The second-order valence-electron chi connectivity index (χ2n) is 10.9. The number of carbonyl (C=O) groups excluding carboxylic acids is 3.